The minimum absolute atomic E-state index is 0.0251. The third kappa shape index (κ3) is 3.40. The lowest BCUT2D eigenvalue weighted by atomic mass is 9.99. The number of carboxylic acids is 1. The van der Waals surface area contributed by atoms with Gasteiger partial charge in [0.15, 0.2) is 0 Å². The van der Waals surface area contributed by atoms with Gasteiger partial charge in [-0.25, -0.2) is 4.98 Å². The Bertz CT molecular complexity index is 473. The second-order valence-corrected chi connectivity index (χ2v) is 4.84. The van der Waals surface area contributed by atoms with Gasteiger partial charge >= 0.3 is 12.1 Å². The van der Waals surface area contributed by atoms with Crippen LogP contribution in [-0.2, 0) is 11.0 Å². The standard InChI is InChI=1S/C13H15F3N2O2/c14-13(15,16)9-4-5-11(17-8-9)18-6-2-1-3-10(18)7-12(19)20/h4-5,8,10H,1-3,6-7H2,(H,19,20). The van der Waals surface area contributed by atoms with Gasteiger partial charge < -0.3 is 10.0 Å². The fraction of sp³-hybridized carbons (Fsp3) is 0.538. The Balaban J connectivity index is 2.17. The Hall–Kier alpha value is -1.79. The maximum atomic E-state index is 12.5. The van der Waals surface area contributed by atoms with E-state index >= 15 is 0 Å². The molecule has 0 aromatic carbocycles. The van der Waals surface area contributed by atoms with Gasteiger partial charge in [-0.15, -0.1) is 0 Å². The number of hydrogen-bond acceptors (Lipinski definition) is 3. The van der Waals surface area contributed by atoms with E-state index in [1.165, 1.54) is 6.07 Å². The van der Waals surface area contributed by atoms with Crippen LogP contribution in [-0.4, -0.2) is 28.6 Å². The quantitative estimate of drug-likeness (QED) is 0.929. The molecule has 1 aromatic rings. The summed E-state index contributed by atoms with van der Waals surface area (Å²) >= 11 is 0. The molecule has 0 bridgehead atoms. The normalized spacial score (nSPS) is 19.9. The van der Waals surface area contributed by atoms with Gasteiger partial charge in [0.05, 0.1) is 12.0 Å². The van der Waals surface area contributed by atoms with Gasteiger partial charge in [-0.05, 0) is 31.4 Å². The van der Waals surface area contributed by atoms with E-state index < -0.39 is 17.7 Å². The van der Waals surface area contributed by atoms with Crippen LogP contribution in [0, 0.1) is 0 Å². The number of carboxylic acid groups (broad SMARTS) is 1. The second kappa shape index (κ2) is 5.68. The summed E-state index contributed by atoms with van der Waals surface area (Å²) in [4.78, 5) is 16.5. The Labute approximate surface area is 114 Å². The fourth-order valence-corrected chi connectivity index (χ4v) is 2.44. The van der Waals surface area contributed by atoms with E-state index in [0.717, 1.165) is 31.5 Å². The molecule has 7 heteroatoms. The average Bonchev–Trinajstić information content (AvgIpc) is 2.38. The molecule has 1 aromatic heterocycles. The number of anilines is 1. The molecule has 2 rings (SSSR count). The molecule has 4 nitrogen and oxygen atoms in total. The highest BCUT2D eigenvalue weighted by atomic mass is 19.4. The van der Waals surface area contributed by atoms with E-state index in [1.807, 2.05) is 0 Å². The van der Waals surface area contributed by atoms with Crippen molar-refractivity contribution in [2.45, 2.75) is 37.9 Å². The minimum atomic E-state index is -4.41. The van der Waals surface area contributed by atoms with E-state index in [9.17, 15) is 18.0 Å². The Morgan fingerprint density at radius 3 is 2.70 bits per heavy atom. The highest BCUT2D eigenvalue weighted by molar-refractivity contribution is 5.68. The maximum Gasteiger partial charge on any atom is 0.417 e. The number of hydrogen-bond donors (Lipinski definition) is 1. The molecule has 1 aliphatic heterocycles. The molecule has 0 radical (unpaired) electrons. The summed E-state index contributed by atoms with van der Waals surface area (Å²) < 4.78 is 37.4. The van der Waals surface area contributed by atoms with Crippen LogP contribution in [0.15, 0.2) is 18.3 Å². The van der Waals surface area contributed by atoms with Crippen molar-refractivity contribution < 1.29 is 23.1 Å². The van der Waals surface area contributed by atoms with E-state index in [4.69, 9.17) is 5.11 Å². The van der Waals surface area contributed by atoms with Gasteiger partial charge in [0, 0.05) is 18.8 Å². The van der Waals surface area contributed by atoms with Gasteiger partial charge in [0.2, 0.25) is 0 Å². The molecule has 1 saturated heterocycles. The molecule has 1 aliphatic rings. The molecular formula is C13H15F3N2O2. The summed E-state index contributed by atoms with van der Waals surface area (Å²) in [5.74, 6) is -0.502. The van der Waals surface area contributed by atoms with Gasteiger partial charge in [0.1, 0.15) is 5.82 Å². The number of aromatic nitrogens is 1. The molecule has 1 atom stereocenters. The van der Waals surface area contributed by atoms with Crippen LogP contribution in [0.1, 0.15) is 31.2 Å². The lowest BCUT2D eigenvalue weighted by Crippen LogP contribution is -2.41. The number of alkyl halides is 3. The number of aliphatic carboxylic acids is 1. The van der Waals surface area contributed by atoms with E-state index in [2.05, 4.69) is 4.98 Å². The molecule has 0 aliphatic carbocycles. The molecule has 0 amide bonds. The largest absolute Gasteiger partial charge is 0.481 e. The average molecular weight is 288 g/mol. The zero-order valence-electron chi connectivity index (χ0n) is 10.7. The van der Waals surface area contributed by atoms with Crippen molar-refractivity contribution in [3.05, 3.63) is 23.9 Å². The molecule has 110 valence electrons. The summed E-state index contributed by atoms with van der Waals surface area (Å²) in [5.41, 5.74) is -0.798. The third-order valence-electron chi connectivity index (χ3n) is 3.41. The predicted molar refractivity (Wildman–Crippen MR) is 66.5 cm³/mol. The van der Waals surface area contributed by atoms with Gasteiger partial charge in [0.25, 0.3) is 0 Å². The minimum Gasteiger partial charge on any atom is -0.481 e. The zero-order chi connectivity index (χ0) is 14.8. The molecule has 0 saturated carbocycles. The predicted octanol–water partition coefficient (Wildman–Crippen LogP) is 2.93. The zero-order valence-corrected chi connectivity index (χ0v) is 10.7. The van der Waals surface area contributed by atoms with Gasteiger partial charge in [-0.3, -0.25) is 4.79 Å². The molecule has 20 heavy (non-hydrogen) atoms. The molecular weight excluding hydrogens is 273 g/mol. The number of rotatable bonds is 3. The number of carbonyl (C=O) groups is 1. The van der Waals surface area contributed by atoms with Crippen molar-refractivity contribution in [3.8, 4) is 0 Å². The number of nitrogens with zero attached hydrogens (tertiary/aromatic N) is 2. The van der Waals surface area contributed by atoms with E-state index in [-0.39, 0.29) is 12.5 Å². The summed E-state index contributed by atoms with van der Waals surface area (Å²) in [5, 5.41) is 8.89. The van der Waals surface area contributed by atoms with Crippen molar-refractivity contribution in [2.24, 2.45) is 0 Å². The van der Waals surface area contributed by atoms with Gasteiger partial charge in [-0.2, -0.15) is 13.2 Å². The fourth-order valence-electron chi connectivity index (χ4n) is 2.44. The van der Waals surface area contributed by atoms with Crippen molar-refractivity contribution >= 4 is 11.8 Å². The highest BCUT2D eigenvalue weighted by Crippen LogP contribution is 2.31. The number of halogens is 3. The van der Waals surface area contributed by atoms with Gasteiger partial charge in [-0.1, -0.05) is 0 Å². The summed E-state index contributed by atoms with van der Waals surface area (Å²) in [6.07, 6.45) is -1.11. The van der Waals surface area contributed by atoms with Crippen LogP contribution < -0.4 is 4.90 Å². The first-order valence-electron chi connectivity index (χ1n) is 6.39. The Morgan fingerprint density at radius 1 is 1.40 bits per heavy atom. The van der Waals surface area contributed by atoms with Crippen molar-refractivity contribution in [3.63, 3.8) is 0 Å². The summed E-state index contributed by atoms with van der Waals surface area (Å²) in [7, 11) is 0. The second-order valence-electron chi connectivity index (χ2n) is 4.84. The Morgan fingerprint density at radius 2 is 2.15 bits per heavy atom. The van der Waals surface area contributed by atoms with Crippen molar-refractivity contribution in [2.75, 3.05) is 11.4 Å². The van der Waals surface area contributed by atoms with Crippen LogP contribution >= 0.6 is 0 Å². The van der Waals surface area contributed by atoms with E-state index in [0.29, 0.717) is 12.4 Å². The molecule has 1 fully saturated rings. The van der Waals surface area contributed by atoms with E-state index in [1.54, 1.807) is 4.90 Å². The number of pyridine rings is 1. The Kier molecular flexibility index (Phi) is 4.15. The summed E-state index contributed by atoms with van der Waals surface area (Å²) in [6.45, 7) is 0.621. The lowest BCUT2D eigenvalue weighted by molar-refractivity contribution is -0.138. The highest BCUT2D eigenvalue weighted by Gasteiger charge is 2.31. The van der Waals surface area contributed by atoms with Crippen LogP contribution in [0.25, 0.3) is 0 Å². The first kappa shape index (κ1) is 14.6. The van der Waals surface area contributed by atoms with Crippen LogP contribution in [0.2, 0.25) is 0 Å². The smallest absolute Gasteiger partial charge is 0.417 e. The maximum absolute atomic E-state index is 12.5. The molecule has 1 unspecified atom stereocenters. The molecule has 1 N–H and O–H groups in total. The SMILES string of the molecule is O=C(O)CC1CCCCN1c1ccc(C(F)(F)F)cn1. The van der Waals surface area contributed by atoms with Crippen molar-refractivity contribution in [1.82, 2.24) is 4.98 Å². The lowest BCUT2D eigenvalue weighted by Gasteiger charge is -2.36. The topological polar surface area (TPSA) is 53.4 Å². The monoisotopic (exact) mass is 288 g/mol. The molecule has 0 spiro atoms. The first-order chi connectivity index (χ1) is 9.38. The van der Waals surface area contributed by atoms with Crippen LogP contribution in [0.4, 0.5) is 19.0 Å². The third-order valence-corrected chi connectivity index (χ3v) is 3.41. The van der Waals surface area contributed by atoms with Crippen LogP contribution in [0.5, 0.6) is 0 Å². The number of piperidine rings is 1. The molecule has 2 heterocycles. The first-order valence-corrected chi connectivity index (χ1v) is 6.39. The van der Waals surface area contributed by atoms with Crippen LogP contribution in [0.3, 0.4) is 0 Å². The van der Waals surface area contributed by atoms with Crippen molar-refractivity contribution in [1.29, 1.82) is 0 Å². The summed E-state index contributed by atoms with van der Waals surface area (Å²) in [6, 6.07) is 2.09.